The predicted molar refractivity (Wildman–Crippen MR) is 61.2 cm³/mol. The molecule has 1 heterocycles. The molecule has 0 fully saturated rings. The van der Waals surface area contributed by atoms with Crippen molar-refractivity contribution in [3.05, 3.63) is 34.0 Å². The van der Waals surface area contributed by atoms with Crippen molar-refractivity contribution in [1.82, 2.24) is 5.16 Å². The molecular formula is C10H7BrClNO2. The SMILES string of the molecule is COc1ccc(-c2cc(Cl)on2)cc1Br. The van der Waals surface area contributed by atoms with Gasteiger partial charge in [0, 0.05) is 11.6 Å². The van der Waals surface area contributed by atoms with Crippen LogP contribution in [0.15, 0.2) is 33.3 Å². The molecule has 0 unspecified atom stereocenters. The van der Waals surface area contributed by atoms with Crippen LogP contribution in [0.5, 0.6) is 5.75 Å². The van der Waals surface area contributed by atoms with Crippen LogP contribution < -0.4 is 4.74 Å². The first-order valence-corrected chi connectivity index (χ1v) is 5.34. The van der Waals surface area contributed by atoms with E-state index in [2.05, 4.69) is 21.1 Å². The van der Waals surface area contributed by atoms with Gasteiger partial charge in [-0.3, -0.25) is 0 Å². The zero-order chi connectivity index (χ0) is 10.8. The maximum atomic E-state index is 5.64. The molecule has 0 amide bonds. The lowest BCUT2D eigenvalue weighted by Crippen LogP contribution is -1.85. The standard InChI is InChI=1S/C10H7BrClNO2/c1-14-9-3-2-6(4-7(9)11)8-5-10(12)15-13-8/h2-5H,1H3. The van der Waals surface area contributed by atoms with Crippen molar-refractivity contribution in [3.63, 3.8) is 0 Å². The summed E-state index contributed by atoms with van der Waals surface area (Å²) in [5, 5.41) is 4.09. The smallest absolute Gasteiger partial charge is 0.226 e. The molecule has 0 aliphatic heterocycles. The van der Waals surface area contributed by atoms with Gasteiger partial charge in [-0.25, -0.2) is 0 Å². The number of ether oxygens (including phenoxy) is 1. The Balaban J connectivity index is 2.42. The molecule has 0 bridgehead atoms. The molecule has 0 aliphatic rings. The Bertz CT molecular complexity index is 484. The van der Waals surface area contributed by atoms with Crippen LogP contribution in [-0.4, -0.2) is 12.3 Å². The lowest BCUT2D eigenvalue weighted by molar-refractivity contribution is 0.412. The van der Waals surface area contributed by atoms with E-state index in [0.717, 1.165) is 15.8 Å². The van der Waals surface area contributed by atoms with Crippen molar-refractivity contribution >= 4 is 27.5 Å². The first kappa shape index (κ1) is 10.5. The molecular weight excluding hydrogens is 281 g/mol. The molecule has 0 spiro atoms. The molecule has 0 radical (unpaired) electrons. The fourth-order valence-corrected chi connectivity index (χ4v) is 1.89. The molecule has 1 aromatic carbocycles. The summed E-state index contributed by atoms with van der Waals surface area (Å²) in [7, 11) is 1.62. The number of hydrogen-bond donors (Lipinski definition) is 0. The van der Waals surface area contributed by atoms with Crippen molar-refractivity contribution in [1.29, 1.82) is 0 Å². The molecule has 1 aromatic heterocycles. The number of rotatable bonds is 2. The zero-order valence-electron chi connectivity index (χ0n) is 7.83. The summed E-state index contributed by atoms with van der Waals surface area (Å²) < 4.78 is 10.8. The summed E-state index contributed by atoms with van der Waals surface area (Å²) in [5.41, 5.74) is 1.61. The monoisotopic (exact) mass is 287 g/mol. The molecule has 0 saturated carbocycles. The van der Waals surface area contributed by atoms with E-state index >= 15 is 0 Å². The summed E-state index contributed by atoms with van der Waals surface area (Å²) in [5.74, 6) is 0.772. The van der Waals surface area contributed by atoms with Gasteiger partial charge in [0.05, 0.1) is 11.6 Å². The van der Waals surface area contributed by atoms with Crippen LogP contribution in [0.2, 0.25) is 5.22 Å². The average molecular weight is 289 g/mol. The summed E-state index contributed by atoms with van der Waals surface area (Å²) >= 11 is 9.04. The van der Waals surface area contributed by atoms with Gasteiger partial charge in [-0.1, -0.05) is 5.16 Å². The van der Waals surface area contributed by atoms with E-state index < -0.39 is 0 Å². The second-order valence-electron chi connectivity index (χ2n) is 2.87. The Morgan fingerprint density at radius 3 is 2.73 bits per heavy atom. The first-order valence-electron chi connectivity index (χ1n) is 4.17. The lowest BCUT2D eigenvalue weighted by Gasteiger charge is -2.03. The van der Waals surface area contributed by atoms with Crippen molar-refractivity contribution in [2.24, 2.45) is 0 Å². The van der Waals surface area contributed by atoms with E-state index in [0.29, 0.717) is 5.69 Å². The Labute approximate surface area is 100 Å². The van der Waals surface area contributed by atoms with Crippen molar-refractivity contribution < 1.29 is 9.26 Å². The van der Waals surface area contributed by atoms with Crippen LogP contribution >= 0.6 is 27.5 Å². The molecule has 0 saturated heterocycles. The third-order valence-electron chi connectivity index (χ3n) is 1.93. The molecule has 15 heavy (non-hydrogen) atoms. The van der Waals surface area contributed by atoms with Crippen LogP contribution in [-0.2, 0) is 0 Å². The van der Waals surface area contributed by atoms with Crippen LogP contribution in [0, 0.1) is 0 Å². The fourth-order valence-electron chi connectivity index (χ4n) is 1.21. The van der Waals surface area contributed by atoms with Gasteiger partial charge in [0.15, 0.2) is 0 Å². The van der Waals surface area contributed by atoms with Gasteiger partial charge < -0.3 is 9.26 Å². The molecule has 78 valence electrons. The fraction of sp³-hybridized carbons (Fsp3) is 0.100. The summed E-state index contributed by atoms with van der Waals surface area (Å²) in [4.78, 5) is 0. The van der Waals surface area contributed by atoms with Gasteiger partial charge in [-0.15, -0.1) is 0 Å². The van der Waals surface area contributed by atoms with Gasteiger partial charge in [-0.05, 0) is 45.7 Å². The highest BCUT2D eigenvalue weighted by Gasteiger charge is 2.07. The van der Waals surface area contributed by atoms with E-state index in [4.69, 9.17) is 20.9 Å². The van der Waals surface area contributed by atoms with Gasteiger partial charge >= 0.3 is 0 Å². The van der Waals surface area contributed by atoms with Gasteiger partial charge in [0.1, 0.15) is 11.4 Å². The van der Waals surface area contributed by atoms with Crippen molar-refractivity contribution in [3.8, 4) is 17.0 Å². The predicted octanol–water partition coefficient (Wildman–Crippen LogP) is 3.77. The maximum absolute atomic E-state index is 5.64. The normalized spacial score (nSPS) is 10.3. The van der Waals surface area contributed by atoms with Crippen molar-refractivity contribution in [2.75, 3.05) is 7.11 Å². The second-order valence-corrected chi connectivity index (χ2v) is 4.09. The molecule has 0 aliphatic carbocycles. The third kappa shape index (κ3) is 2.16. The zero-order valence-corrected chi connectivity index (χ0v) is 10.2. The summed E-state index contributed by atoms with van der Waals surface area (Å²) in [6.45, 7) is 0. The number of hydrogen-bond acceptors (Lipinski definition) is 3. The number of methoxy groups -OCH3 is 1. The van der Waals surface area contributed by atoms with Crippen LogP contribution in [0.25, 0.3) is 11.3 Å². The van der Waals surface area contributed by atoms with E-state index in [1.54, 1.807) is 13.2 Å². The van der Waals surface area contributed by atoms with Crippen LogP contribution in [0.1, 0.15) is 0 Å². The van der Waals surface area contributed by atoms with Gasteiger partial charge in [0.2, 0.25) is 5.22 Å². The Hall–Kier alpha value is -1.00. The van der Waals surface area contributed by atoms with E-state index in [1.165, 1.54) is 0 Å². The first-order chi connectivity index (χ1) is 7.20. The van der Waals surface area contributed by atoms with E-state index in [9.17, 15) is 0 Å². The minimum Gasteiger partial charge on any atom is -0.496 e. The Morgan fingerprint density at radius 2 is 2.20 bits per heavy atom. The minimum atomic E-state index is 0.275. The molecule has 3 nitrogen and oxygen atoms in total. The van der Waals surface area contributed by atoms with E-state index in [-0.39, 0.29) is 5.22 Å². The highest BCUT2D eigenvalue weighted by atomic mass is 79.9. The second kappa shape index (κ2) is 4.24. The molecule has 0 N–H and O–H groups in total. The maximum Gasteiger partial charge on any atom is 0.226 e. The number of benzene rings is 1. The summed E-state index contributed by atoms with van der Waals surface area (Å²) in [6.07, 6.45) is 0. The number of aromatic nitrogens is 1. The van der Waals surface area contributed by atoms with Crippen LogP contribution in [0.4, 0.5) is 0 Å². The highest BCUT2D eigenvalue weighted by molar-refractivity contribution is 9.10. The van der Waals surface area contributed by atoms with Crippen molar-refractivity contribution in [2.45, 2.75) is 0 Å². The number of nitrogens with zero attached hydrogens (tertiary/aromatic N) is 1. The molecule has 2 rings (SSSR count). The Morgan fingerprint density at radius 1 is 1.40 bits per heavy atom. The molecule has 5 heteroatoms. The lowest BCUT2D eigenvalue weighted by atomic mass is 10.1. The van der Waals surface area contributed by atoms with Gasteiger partial charge in [-0.2, -0.15) is 0 Å². The minimum absolute atomic E-state index is 0.275. The van der Waals surface area contributed by atoms with E-state index in [1.807, 2.05) is 18.2 Å². The van der Waals surface area contributed by atoms with Gasteiger partial charge in [0.25, 0.3) is 0 Å². The highest BCUT2D eigenvalue weighted by Crippen LogP contribution is 2.30. The molecule has 0 atom stereocenters. The number of halogens is 2. The van der Waals surface area contributed by atoms with Crippen LogP contribution in [0.3, 0.4) is 0 Å². The molecule has 2 aromatic rings. The third-order valence-corrected chi connectivity index (χ3v) is 2.73. The summed E-state index contributed by atoms with van der Waals surface area (Å²) in [6, 6.07) is 7.29. The largest absolute Gasteiger partial charge is 0.496 e. The Kier molecular flexibility index (Phi) is 2.98. The average Bonchev–Trinajstić information content (AvgIpc) is 2.65. The topological polar surface area (TPSA) is 35.3 Å². The quantitative estimate of drug-likeness (QED) is 0.844.